The highest BCUT2D eigenvalue weighted by molar-refractivity contribution is 5.90. The lowest BCUT2D eigenvalue weighted by Gasteiger charge is -1.85. The molecule has 3 nitrogen and oxygen atoms in total. The van der Waals surface area contributed by atoms with Gasteiger partial charge in [-0.05, 0) is 6.08 Å². The van der Waals surface area contributed by atoms with E-state index in [0.717, 1.165) is 0 Å². The molecule has 0 amide bonds. The summed E-state index contributed by atoms with van der Waals surface area (Å²) in [5.41, 5.74) is 5.09. The van der Waals surface area contributed by atoms with Crippen LogP contribution in [0.25, 0.3) is 0 Å². The molecular formula is C4H8N2O. The number of nitrogens with two attached hydrogens (primary N) is 1. The van der Waals surface area contributed by atoms with Crippen LogP contribution in [0, 0.1) is 0 Å². The molecule has 2 N–H and O–H groups in total. The molecule has 0 saturated carbocycles. The quantitative estimate of drug-likeness (QED) is 0.304. The first kappa shape index (κ1) is 6.01. The molecule has 0 saturated heterocycles. The minimum atomic E-state index is 0.294. The number of amidine groups is 1. The van der Waals surface area contributed by atoms with Crippen molar-refractivity contribution < 1.29 is 4.84 Å². The number of hydrogen-bond acceptors (Lipinski definition) is 2. The second-order valence-electron chi connectivity index (χ2n) is 0.903. The Hall–Kier alpha value is -0.990. The van der Waals surface area contributed by atoms with Crippen molar-refractivity contribution >= 4 is 5.84 Å². The third-order valence-electron chi connectivity index (χ3n) is 0.406. The highest BCUT2D eigenvalue weighted by Crippen LogP contribution is 1.68. The zero-order valence-electron chi connectivity index (χ0n) is 4.22. The summed E-state index contributed by atoms with van der Waals surface area (Å²) in [5.74, 6) is 0.294. The molecule has 0 spiro atoms. The molecule has 0 aliphatic carbocycles. The first-order valence-corrected chi connectivity index (χ1v) is 1.80. The smallest absolute Gasteiger partial charge is 0.162 e. The summed E-state index contributed by atoms with van der Waals surface area (Å²) in [6, 6.07) is 0. The summed E-state index contributed by atoms with van der Waals surface area (Å²) < 4.78 is 0. The molecule has 7 heavy (non-hydrogen) atoms. The lowest BCUT2D eigenvalue weighted by atomic mass is 10.6. The minimum absolute atomic E-state index is 0.294. The maximum atomic E-state index is 5.09. The van der Waals surface area contributed by atoms with Crippen LogP contribution in [0.3, 0.4) is 0 Å². The standard InChI is InChI=1S/C4H8N2O/c1-3-4(5)6-7-2/h3H,1H2,2H3,(H2,5,6). The van der Waals surface area contributed by atoms with Gasteiger partial charge >= 0.3 is 0 Å². The summed E-state index contributed by atoms with van der Waals surface area (Å²) in [7, 11) is 1.43. The fraction of sp³-hybridized carbons (Fsp3) is 0.250. The Balaban J connectivity index is 3.49. The Bertz CT molecular complexity index is 87.7. The topological polar surface area (TPSA) is 47.6 Å². The van der Waals surface area contributed by atoms with Gasteiger partial charge in [0.2, 0.25) is 0 Å². The van der Waals surface area contributed by atoms with E-state index in [0.29, 0.717) is 5.84 Å². The van der Waals surface area contributed by atoms with Gasteiger partial charge in [-0.1, -0.05) is 11.7 Å². The average molecular weight is 100 g/mol. The van der Waals surface area contributed by atoms with E-state index >= 15 is 0 Å². The third-order valence-corrected chi connectivity index (χ3v) is 0.406. The first-order chi connectivity index (χ1) is 3.31. The van der Waals surface area contributed by atoms with Crippen LogP contribution in [0.2, 0.25) is 0 Å². The van der Waals surface area contributed by atoms with E-state index in [-0.39, 0.29) is 0 Å². The first-order valence-electron chi connectivity index (χ1n) is 1.80. The predicted molar refractivity (Wildman–Crippen MR) is 28.8 cm³/mol. The molecule has 0 fully saturated rings. The van der Waals surface area contributed by atoms with Gasteiger partial charge in [0.25, 0.3) is 0 Å². The van der Waals surface area contributed by atoms with E-state index in [1.54, 1.807) is 0 Å². The summed E-state index contributed by atoms with van der Waals surface area (Å²) in [4.78, 5) is 4.29. The SMILES string of the molecule is C=CC(N)=NOC. The molecule has 0 aliphatic rings. The zero-order chi connectivity index (χ0) is 5.70. The molecule has 0 unspecified atom stereocenters. The molecule has 0 rings (SSSR count). The van der Waals surface area contributed by atoms with Crippen LogP contribution in [0.5, 0.6) is 0 Å². The Morgan fingerprint density at radius 3 is 2.71 bits per heavy atom. The second kappa shape index (κ2) is 3.21. The monoisotopic (exact) mass is 100 g/mol. The van der Waals surface area contributed by atoms with Gasteiger partial charge in [0.05, 0.1) is 0 Å². The molecule has 0 aromatic heterocycles. The van der Waals surface area contributed by atoms with E-state index in [4.69, 9.17) is 5.73 Å². The molecular weight excluding hydrogens is 92.1 g/mol. The number of oxime groups is 1. The van der Waals surface area contributed by atoms with Crippen molar-refractivity contribution in [3.63, 3.8) is 0 Å². The van der Waals surface area contributed by atoms with E-state index in [9.17, 15) is 0 Å². The van der Waals surface area contributed by atoms with Gasteiger partial charge in [0, 0.05) is 0 Å². The highest BCUT2D eigenvalue weighted by atomic mass is 16.6. The average Bonchev–Trinajstić information content (AvgIpc) is 1.68. The van der Waals surface area contributed by atoms with Crippen molar-refractivity contribution in [3.05, 3.63) is 12.7 Å². The van der Waals surface area contributed by atoms with Crippen molar-refractivity contribution in [2.24, 2.45) is 10.9 Å². The van der Waals surface area contributed by atoms with Crippen LogP contribution >= 0.6 is 0 Å². The van der Waals surface area contributed by atoms with Crippen LogP contribution < -0.4 is 5.73 Å². The van der Waals surface area contributed by atoms with Crippen LogP contribution in [0.4, 0.5) is 0 Å². The van der Waals surface area contributed by atoms with E-state index in [2.05, 4.69) is 16.6 Å². The van der Waals surface area contributed by atoms with Crippen molar-refractivity contribution in [2.45, 2.75) is 0 Å². The van der Waals surface area contributed by atoms with Crippen molar-refractivity contribution in [3.8, 4) is 0 Å². The Kier molecular flexibility index (Phi) is 2.76. The maximum absolute atomic E-state index is 5.09. The van der Waals surface area contributed by atoms with Crippen LogP contribution in [0.1, 0.15) is 0 Å². The van der Waals surface area contributed by atoms with Gasteiger partial charge in [0.1, 0.15) is 7.11 Å². The normalized spacial score (nSPS) is 10.7. The largest absolute Gasteiger partial charge is 0.397 e. The summed E-state index contributed by atoms with van der Waals surface area (Å²) >= 11 is 0. The van der Waals surface area contributed by atoms with E-state index < -0.39 is 0 Å². The number of hydrogen-bond donors (Lipinski definition) is 1. The van der Waals surface area contributed by atoms with Gasteiger partial charge in [-0.2, -0.15) is 0 Å². The van der Waals surface area contributed by atoms with Gasteiger partial charge < -0.3 is 10.6 Å². The van der Waals surface area contributed by atoms with E-state index in [1.165, 1.54) is 13.2 Å². The van der Waals surface area contributed by atoms with Crippen LogP contribution in [-0.4, -0.2) is 12.9 Å². The zero-order valence-corrected chi connectivity index (χ0v) is 4.22. The minimum Gasteiger partial charge on any atom is -0.397 e. The lowest BCUT2D eigenvalue weighted by molar-refractivity contribution is 0.213. The molecule has 0 aromatic carbocycles. The van der Waals surface area contributed by atoms with E-state index in [1.807, 2.05) is 0 Å². The molecule has 40 valence electrons. The van der Waals surface area contributed by atoms with Gasteiger partial charge in [0.15, 0.2) is 5.84 Å². The molecule has 0 aliphatic heterocycles. The Labute approximate surface area is 42.4 Å². The summed E-state index contributed by atoms with van der Waals surface area (Å²) in [6.45, 7) is 3.34. The second-order valence-corrected chi connectivity index (χ2v) is 0.903. The molecule has 0 radical (unpaired) electrons. The summed E-state index contributed by atoms with van der Waals surface area (Å²) in [5, 5.41) is 3.32. The van der Waals surface area contributed by atoms with Gasteiger partial charge in [-0.15, -0.1) is 0 Å². The predicted octanol–water partition coefficient (Wildman–Crippen LogP) is 0.0910. The maximum Gasteiger partial charge on any atom is 0.162 e. The molecule has 0 bridgehead atoms. The van der Waals surface area contributed by atoms with Crippen molar-refractivity contribution in [2.75, 3.05) is 7.11 Å². The van der Waals surface area contributed by atoms with Crippen molar-refractivity contribution in [1.82, 2.24) is 0 Å². The molecule has 0 atom stereocenters. The lowest BCUT2D eigenvalue weighted by Crippen LogP contribution is -2.06. The van der Waals surface area contributed by atoms with Crippen LogP contribution in [-0.2, 0) is 4.84 Å². The Morgan fingerprint density at radius 2 is 2.57 bits per heavy atom. The number of rotatable bonds is 2. The van der Waals surface area contributed by atoms with Crippen molar-refractivity contribution in [1.29, 1.82) is 0 Å². The highest BCUT2D eigenvalue weighted by Gasteiger charge is 1.74. The molecule has 3 heteroatoms. The van der Waals surface area contributed by atoms with Crippen LogP contribution in [0.15, 0.2) is 17.8 Å². The fourth-order valence-electron chi connectivity index (χ4n) is 0.143. The van der Waals surface area contributed by atoms with Gasteiger partial charge in [-0.3, -0.25) is 0 Å². The molecule has 0 aromatic rings. The number of nitrogens with zero attached hydrogens (tertiary/aromatic N) is 1. The fourth-order valence-corrected chi connectivity index (χ4v) is 0.143. The Morgan fingerprint density at radius 1 is 2.00 bits per heavy atom. The third kappa shape index (κ3) is 2.82. The molecule has 0 heterocycles. The summed E-state index contributed by atoms with van der Waals surface area (Å²) in [6.07, 6.45) is 1.41. The van der Waals surface area contributed by atoms with Gasteiger partial charge in [-0.25, -0.2) is 0 Å².